The summed E-state index contributed by atoms with van der Waals surface area (Å²) in [6.45, 7) is 2.26. The van der Waals surface area contributed by atoms with Gasteiger partial charge in [0, 0.05) is 5.56 Å². The molecular formula is C17H23NO2. The first-order valence-electron chi connectivity index (χ1n) is 7.82. The lowest BCUT2D eigenvalue weighted by Crippen LogP contribution is -2.29. The summed E-state index contributed by atoms with van der Waals surface area (Å²) in [4.78, 5) is 0. The van der Waals surface area contributed by atoms with Crippen LogP contribution in [-0.4, -0.2) is 17.0 Å². The number of nitrogens with zero attached hydrogens (tertiary/aromatic N) is 1. The normalized spacial score (nSPS) is 27.6. The second kappa shape index (κ2) is 5.86. The van der Waals surface area contributed by atoms with Gasteiger partial charge in [-0.2, -0.15) is 0 Å². The van der Waals surface area contributed by atoms with Gasteiger partial charge in [-0.15, -0.1) is 0 Å². The fraction of sp³-hybridized carbons (Fsp3) is 0.588. The average molecular weight is 273 g/mol. The zero-order valence-corrected chi connectivity index (χ0v) is 12.1. The number of benzene rings is 1. The highest BCUT2D eigenvalue weighted by Gasteiger charge is 2.26. The van der Waals surface area contributed by atoms with E-state index in [1.165, 1.54) is 37.7 Å². The van der Waals surface area contributed by atoms with Crippen LogP contribution in [0.3, 0.4) is 0 Å². The molecule has 0 amide bonds. The molecule has 0 bridgehead atoms. The number of ether oxygens (including phenoxy) is 1. The second-order valence-electron chi connectivity index (χ2n) is 5.97. The van der Waals surface area contributed by atoms with E-state index in [9.17, 15) is 0 Å². The molecule has 20 heavy (non-hydrogen) atoms. The minimum Gasteiger partial charge on any atom is -0.490 e. The molecule has 0 saturated heterocycles. The monoisotopic (exact) mass is 273 g/mol. The quantitative estimate of drug-likeness (QED) is 0.663. The molecule has 2 unspecified atom stereocenters. The molecule has 2 aliphatic rings. The Labute approximate surface area is 120 Å². The lowest BCUT2D eigenvalue weighted by Gasteiger charge is -2.31. The van der Waals surface area contributed by atoms with E-state index in [1.807, 2.05) is 12.1 Å². The van der Waals surface area contributed by atoms with Crippen LogP contribution in [0.4, 0.5) is 0 Å². The number of fused-ring (bicyclic) bond motifs is 1. The predicted octanol–water partition coefficient (Wildman–Crippen LogP) is 4.16. The van der Waals surface area contributed by atoms with Crippen LogP contribution in [0.25, 0.3) is 0 Å². The van der Waals surface area contributed by atoms with Gasteiger partial charge < -0.3 is 9.94 Å². The molecule has 2 atom stereocenters. The molecule has 0 aliphatic heterocycles. The van der Waals surface area contributed by atoms with Gasteiger partial charge in [-0.25, -0.2) is 0 Å². The molecule has 0 heterocycles. The van der Waals surface area contributed by atoms with Gasteiger partial charge in [0.1, 0.15) is 11.9 Å². The summed E-state index contributed by atoms with van der Waals surface area (Å²) in [7, 11) is 0. The fourth-order valence-electron chi connectivity index (χ4n) is 3.59. The third-order valence-electron chi connectivity index (χ3n) is 4.79. The van der Waals surface area contributed by atoms with Crippen LogP contribution in [-0.2, 0) is 6.42 Å². The van der Waals surface area contributed by atoms with Crippen LogP contribution in [0, 0.1) is 5.92 Å². The molecule has 0 aromatic heterocycles. The van der Waals surface area contributed by atoms with E-state index in [-0.39, 0.29) is 0 Å². The van der Waals surface area contributed by atoms with E-state index in [0.29, 0.717) is 12.0 Å². The number of aryl methyl sites for hydroxylation is 1. The number of hydrogen-bond donors (Lipinski definition) is 1. The van der Waals surface area contributed by atoms with Gasteiger partial charge in [-0.05, 0) is 68.2 Å². The molecular weight excluding hydrogens is 250 g/mol. The second-order valence-corrected chi connectivity index (χ2v) is 5.97. The molecule has 3 rings (SSSR count). The molecule has 1 saturated carbocycles. The highest BCUT2D eigenvalue weighted by molar-refractivity contribution is 6.04. The van der Waals surface area contributed by atoms with Gasteiger partial charge in [-0.1, -0.05) is 18.5 Å². The van der Waals surface area contributed by atoms with Crippen molar-refractivity contribution in [3.8, 4) is 5.75 Å². The molecule has 108 valence electrons. The third-order valence-corrected chi connectivity index (χ3v) is 4.79. The minimum absolute atomic E-state index is 0.374. The molecule has 0 radical (unpaired) electrons. The van der Waals surface area contributed by atoms with Crippen LogP contribution >= 0.6 is 0 Å². The highest BCUT2D eigenvalue weighted by Crippen LogP contribution is 2.32. The Kier molecular flexibility index (Phi) is 3.95. The number of hydrogen-bond acceptors (Lipinski definition) is 3. The Morgan fingerprint density at radius 1 is 1.25 bits per heavy atom. The summed E-state index contributed by atoms with van der Waals surface area (Å²) in [5, 5.41) is 12.3. The highest BCUT2D eigenvalue weighted by atomic mass is 16.5. The van der Waals surface area contributed by atoms with Crippen molar-refractivity contribution < 1.29 is 9.94 Å². The van der Waals surface area contributed by atoms with Crippen molar-refractivity contribution in [2.75, 3.05) is 0 Å². The topological polar surface area (TPSA) is 41.8 Å². The molecule has 1 N–H and O–H groups in total. The molecule has 1 aromatic rings. The maximum atomic E-state index is 8.97. The first kappa shape index (κ1) is 13.5. The van der Waals surface area contributed by atoms with E-state index in [2.05, 4.69) is 18.1 Å². The molecule has 1 fully saturated rings. The lowest BCUT2D eigenvalue weighted by molar-refractivity contribution is 0.0903. The van der Waals surface area contributed by atoms with Crippen molar-refractivity contribution in [1.29, 1.82) is 0 Å². The number of oxime groups is 1. The Bertz CT molecular complexity index is 510. The van der Waals surface area contributed by atoms with Gasteiger partial charge in [0.25, 0.3) is 0 Å². The zero-order chi connectivity index (χ0) is 13.9. The van der Waals surface area contributed by atoms with E-state index in [0.717, 1.165) is 29.9 Å². The van der Waals surface area contributed by atoms with Crippen molar-refractivity contribution in [3.05, 3.63) is 29.3 Å². The third kappa shape index (κ3) is 2.54. The van der Waals surface area contributed by atoms with Crippen molar-refractivity contribution in [2.24, 2.45) is 11.1 Å². The van der Waals surface area contributed by atoms with Crippen molar-refractivity contribution in [1.82, 2.24) is 0 Å². The lowest BCUT2D eigenvalue weighted by atomic mass is 9.85. The molecule has 3 nitrogen and oxygen atoms in total. The van der Waals surface area contributed by atoms with Gasteiger partial charge >= 0.3 is 0 Å². The van der Waals surface area contributed by atoms with E-state index in [1.54, 1.807) is 0 Å². The summed E-state index contributed by atoms with van der Waals surface area (Å²) >= 11 is 0. The largest absolute Gasteiger partial charge is 0.490 e. The van der Waals surface area contributed by atoms with Gasteiger partial charge in [0.05, 0.1) is 5.71 Å². The summed E-state index contributed by atoms with van der Waals surface area (Å²) < 4.78 is 6.25. The molecule has 3 heteroatoms. The Morgan fingerprint density at radius 3 is 2.90 bits per heavy atom. The molecule has 1 aromatic carbocycles. The van der Waals surface area contributed by atoms with Crippen molar-refractivity contribution in [2.45, 2.75) is 58.0 Å². The summed E-state index contributed by atoms with van der Waals surface area (Å²) in [6, 6.07) is 6.20. The predicted molar refractivity (Wildman–Crippen MR) is 79.8 cm³/mol. The average Bonchev–Trinajstić information content (AvgIpc) is 2.90. The van der Waals surface area contributed by atoms with Crippen LogP contribution < -0.4 is 4.74 Å². The zero-order valence-electron chi connectivity index (χ0n) is 12.1. The van der Waals surface area contributed by atoms with Gasteiger partial charge in [-0.3, -0.25) is 0 Å². The summed E-state index contributed by atoms with van der Waals surface area (Å²) in [5.41, 5.74) is 3.13. The maximum Gasteiger partial charge on any atom is 0.120 e. The van der Waals surface area contributed by atoms with E-state index >= 15 is 0 Å². The van der Waals surface area contributed by atoms with Crippen molar-refractivity contribution in [3.63, 3.8) is 0 Å². The molecule has 2 aliphatic carbocycles. The summed E-state index contributed by atoms with van der Waals surface area (Å²) in [5.74, 6) is 1.68. The van der Waals surface area contributed by atoms with Crippen LogP contribution in [0.5, 0.6) is 5.75 Å². The van der Waals surface area contributed by atoms with Crippen LogP contribution in [0.2, 0.25) is 0 Å². The number of rotatable bonds is 3. The fourth-order valence-corrected chi connectivity index (χ4v) is 3.59. The Hall–Kier alpha value is -1.51. The Morgan fingerprint density at radius 2 is 2.10 bits per heavy atom. The van der Waals surface area contributed by atoms with E-state index < -0.39 is 0 Å². The van der Waals surface area contributed by atoms with Gasteiger partial charge in [0.15, 0.2) is 0 Å². The Balaban J connectivity index is 1.75. The first-order chi connectivity index (χ1) is 9.81. The first-order valence-corrected chi connectivity index (χ1v) is 7.82. The van der Waals surface area contributed by atoms with Gasteiger partial charge in [0.2, 0.25) is 0 Å². The summed E-state index contributed by atoms with van der Waals surface area (Å²) in [6.07, 6.45) is 8.47. The van der Waals surface area contributed by atoms with Crippen molar-refractivity contribution >= 4 is 5.71 Å². The van der Waals surface area contributed by atoms with Crippen LogP contribution in [0.15, 0.2) is 23.4 Å². The molecule has 0 spiro atoms. The maximum absolute atomic E-state index is 8.97. The smallest absolute Gasteiger partial charge is 0.120 e. The SMILES string of the molecule is CCC1CCCCC1Oc1ccc2c(c1)CC/C2=N\O. The van der Waals surface area contributed by atoms with Crippen LogP contribution in [0.1, 0.15) is 56.6 Å². The van der Waals surface area contributed by atoms with E-state index in [4.69, 9.17) is 9.94 Å². The minimum atomic E-state index is 0.374. The standard InChI is InChI=1S/C17H23NO2/c1-2-12-5-3-4-6-17(12)20-14-8-9-15-13(11-14)7-10-16(15)18-19/h8-9,11-12,17,19H,2-7,10H2,1H3/b18-16+.